The van der Waals surface area contributed by atoms with E-state index in [9.17, 15) is 5.11 Å². The van der Waals surface area contributed by atoms with Crippen LogP contribution in [0.3, 0.4) is 0 Å². The zero-order valence-electron chi connectivity index (χ0n) is 11.7. The second kappa shape index (κ2) is 7.22. The molecule has 0 atom stereocenters. The third kappa shape index (κ3) is 4.16. The molecule has 0 radical (unpaired) electrons. The van der Waals surface area contributed by atoms with Gasteiger partial charge in [0, 0.05) is 0 Å². The quantitative estimate of drug-likeness (QED) is 0.846. The predicted molar refractivity (Wildman–Crippen MR) is 79.4 cm³/mol. The Labute approximate surface area is 123 Å². The molecular weight excluding hydrogens is 268 g/mol. The van der Waals surface area contributed by atoms with Crippen LogP contribution in [-0.4, -0.2) is 23.9 Å². The van der Waals surface area contributed by atoms with Crippen molar-refractivity contribution in [1.29, 1.82) is 0 Å². The Kier molecular flexibility index (Phi) is 5.08. The van der Waals surface area contributed by atoms with E-state index < -0.39 is 0 Å². The second-order valence-corrected chi connectivity index (χ2v) is 4.28. The number of phenolic OH excluding ortho intramolecular Hbond substituents is 1. The molecule has 0 aliphatic carbocycles. The summed E-state index contributed by atoms with van der Waals surface area (Å²) >= 11 is 0. The van der Waals surface area contributed by atoms with Gasteiger partial charge in [-0.25, -0.2) is 0 Å². The first-order valence-electron chi connectivity index (χ1n) is 6.41. The highest BCUT2D eigenvalue weighted by Crippen LogP contribution is 2.24. The Hall–Kier alpha value is -2.64. The zero-order valence-corrected chi connectivity index (χ0v) is 11.7. The van der Waals surface area contributed by atoms with Gasteiger partial charge in [0.15, 0.2) is 0 Å². The maximum absolute atomic E-state index is 9.43. The topological polar surface area (TPSA) is 58.9 Å². The van der Waals surface area contributed by atoms with Crippen LogP contribution >= 0.6 is 0 Å². The molecule has 0 unspecified atom stereocenters. The minimum Gasteiger partial charge on any atom is -0.508 e. The molecule has 0 saturated carbocycles. The fraction of sp³-hybridized carbons (Fsp3) is 0.176. The van der Waals surface area contributed by atoms with Gasteiger partial charge in [0.1, 0.15) is 30.5 Å². The summed E-state index contributed by atoms with van der Waals surface area (Å²) in [5.41, 5.74) is 1.50. The van der Waals surface area contributed by atoms with Crippen molar-refractivity contribution in [3.8, 4) is 29.1 Å². The third-order valence-corrected chi connectivity index (χ3v) is 2.79. The smallest absolute Gasteiger partial charge is 0.135 e. The molecule has 0 amide bonds. The summed E-state index contributed by atoms with van der Waals surface area (Å²) in [7, 11) is 1.58. The number of benzene rings is 2. The summed E-state index contributed by atoms with van der Waals surface area (Å²) in [5.74, 6) is 6.89. The van der Waals surface area contributed by atoms with Gasteiger partial charge in [0.2, 0.25) is 0 Å². The zero-order chi connectivity index (χ0) is 15.1. The summed E-state index contributed by atoms with van der Waals surface area (Å²) < 4.78 is 10.9. The molecule has 4 nitrogen and oxygen atoms in total. The van der Waals surface area contributed by atoms with Crippen LogP contribution in [0.15, 0.2) is 42.5 Å². The summed E-state index contributed by atoms with van der Waals surface area (Å²) in [6.07, 6.45) is 0. The van der Waals surface area contributed by atoms with Crippen molar-refractivity contribution in [3.05, 3.63) is 53.6 Å². The minimum absolute atomic E-state index is 0.200. The average Bonchev–Trinajstić information content (AvgIpc) is 2.51. The molecule has 2 rings (SSSR count). The van der Waals surface area contributed by atoms with Gasteiger partial charge in [0.25, 0.3) is 0 Å². The molecule has 2 aromatic carbocycles. The van der Waals surface area contributed by atoms with Gasteiger partial charge in [-0.1, -0.05) is 24.0 Å². The monoisotopic (exact) mass is 284 g/mol. The maximum atomic E-state index is 9.43. The molecule has 0 aliphatic rings. The molecule has 21 heavy (non-hydrogen) atoms. The Morgan fingerprint density at radius 1 is 1.14 bits per heavy atom. The highest BCUT2D eigenvalue weighted by atomic mass is 16.5. The maximum Gasteiger partial charge on any atom is 0.135 e. The number of hydrogen-bond donors (Lipinski definition) is 2. The van der Waals surface area contributed by atoms with Crippen molar-refractivity contribution in [3.63, 3.8) is 0 Å². The van der Waals surface area contributed by atoms with Crippen molar-refractivity contribution in [1.82, 2.24) is 0 Å². The van der Waals surface area contributed by atoms with Crippen LogP contribution in [0.5, 0.6) is 17.2 Å². The van der Waals surface area contributed by atoms with Crippen LogP contribution in [0.4, 0.5) is 0 Å². The molecule has 2 N–H and O–H groups in total. The van der Waals surface area contributed by atoms with Crippen molar-refractivity contribution in [2.24, 2.45) is 0 Å². The van der Waals surface area contributed by atoms with E-state index in [0.29, 0.717) is 23.7 Å². The van der Waals surface area contributed by atoms with Gasteiger partial charge in [-0.15, -0.1) is 0 Å². The van der Waals surface area contributed by atoms with Gasteiger partial charge in [0.05, 0.1) is 12.7 Å². The summed E-state index contributed by atoms with van der Waals surface area (Å²) in [5, 5.41) is 18.2. The van der Waals surface area contributed by atoms with Crippen molar-refractivity contribution < 1.29 is 19.7 Å². The summed E-state index contributed by atoms with van der Waals surface area (Å²) in [6.45, 7) is 0.0950. The van der Waals surface area contributed by atoms with Crippen LogP contribution in [0.2, 0.25) is 0 Å². The van der Waals surface area contributed by atoms with E-state index in [1.807, 2.05) is 6.07 Å². The number of aliphatic hydroxyl groups excluding tert-OH is 1. The van der Waals surface area contributed by atoms with Crippen molar-refractivity contribution in [2.75, 3.05) is 13.7 Å². The van der Waals surface area contributed by atoms with Crippen LogP contribution in [0.25, 0.3) is 0 Å². The molecule has 0 fully saturated rings. The lowest BCUT2D eigenvalue weighted by Gasteiger charge is -2.10. The molecule has 108 valence electrons. The summed E-state index contributed by atoms with van der Waals surface area (Å²) in [4.78, 5) is 0. The first kappa shape index (κ1) is 14.8. The van der Waals surface area contributed by atoms with E-state index >= 15 is 0 Å². The first-order valence-corrected chi connectivity index (χ1v) is 6.41. The number of rotatable bonds is 4. The number of ether oxygens (including phenoxy) is 2. The molecule has 0 saturated heterocycles. The predicted octanol–water partition coefficient (Wildman–Crippen LogP) is 2.32. The fourth-order valence-corrected chi connectivity index (χ4v) is 1.80. The highest BCUT2D eigenvalue weighted by Gasteiger charge is 2.05. The highest BCUT2D eigenvalue weighted by molar-refractivity contribution is 5.50. The van der Waals surface area contributed by atoms with Gasteiger partial charge < -0.3 is 19.7 Å². The largest absolute Gasteiger partial charge is 0.508 e. The fourth-order valence-electron chi connectivity index (χ4n) is 1.80. The molecule has 0 heterocycles. The lowest BCUT2D eigenvalue weighted by atomic mass is 10.2. The molecule has 0 aromatic heterocycles. The molecule has 0 aliphatic heterocycles. The number of methoxy groups -OCH3 is 1. The van der Waals surface area contributed by atoms with Crippen molar-refractivity contribution in [2.45, 2.75) is 6.61 Å². The SMILES string of the molecule is COc1ccc(OCc2cccc(O)c2)c(C#CCO)c1. The van der Waals surface area contributed by atoms with Gasteiger partial charge in [-0.05, 0) is 35.9 Å². The minimum atomic E-state index is -0.219. The lowest BCUT2D eigenvalue weighted by molar-refractivity contribution is 0.304. The van der Waals surface area contributed by atoms with E-state index in [1.54, 1.807) is 43.5 Å². The van der Waals surface area contributed by atoms with E-state index in [-0.39, 0.29) is 12.4 Å². The third-order valence-electron chi connectivity index (χ3n) is 2.79. The lowest BCUT2D eigenvalue weighted by Crippen LogP contribution is -1.98. The van der Waals surface area contributed by atoms with Gasteiger partial charge in [-0.2, -0.15) is 0 Å². The standard InChI is InChI=1S/C17H16O4/c1-20-16-7-8-17(14(11-16)5-3-9-18)21-12-13-4-2-6-15(19)10-13/h2,4,6-8,10-11,18-19H,9,12H2,1H3. The van der Waals surface area contributed by atoms with E-state index in [1.165, 1.54) is 0 Å². The number of aromatic hydroxyl groups is 1. The van der Waals surface area contributed by atoms with E-state index in [4.69, 9.17) is 14.6 Å². The van der Waals surface area contributed by atoms with Crippen LogP contribution in [0.1, 0.15) is 11.1 Å². The Morgan fingerprint density at radius 3 is 2.71 bits per heavy atom. The average molecular weight is 284 g/mol. The molecule has 0 bridgehead atoms. The van der Waals surface area contributed by atoms with Crippen LogP contribution < -0.4 is 9.47 Å². The van der Waals surface area contributed by atoms with E-state index in [2.05, 4.69) is 11.8 Å². The molecular formula is C17H16O4. The van der Waals surface area contributed by atoms with Crippen LogP contribution in [0, 0.1) is 11.8 Å². The van der Waals surface area contributed by atoms with E-state index in [0.717, 1.165) is 5.56 Å². The molecule has 2 aromatic rings. The summed E-state index contributed by atoms with van der Waals surface area (Å²) in [6, 6.07) is 12.2. The Bertz CT molecular complexity index is 668. The van der Waals surface area contributed by atoms with Crippen molar-refractivity contribution >= 4 is 0 Å². The first-order chi connectivity index (χ1) is 10.2. The normalized spacial score (nSPS) is 9.62. The number of aliphatic hydroxyl groups is 1. The number of hydrogen-bond acceptors (Lipinski definition) is 4. The number of phenols is 1. The van der Waals surface area contributed by atoms with Gasteiger partial charge in [-0.3, -0.25) is 0 Å². The molecule has 4 heteroatoms. The molecule has 0 spiro atoms. The second-order valence-electron chi connectivity index (χ2n) is 4.28. The van der Waals surface area contributed by atoms with Gasteiger partial charge >= 0.3 is 0 Å². The van der Waals surface area contributed by atoms with Crippen LogP contribution in [-0.2, 0) is 6.61 Å². The Morgan fingerprint density at radius 2 is 2.00 bits per heavy atom. The Balaban J connectivity index is 2.18.